The Labute approximate surface area is 116 Å². The molecule has 102 valence electrons. The lowest BCUT2D eigenvalue weighted by molar-refractivity contribution is -0.131. The van der Waals surface area contributed by atoms with Crippen molar-refractivity contribution in [2.24, 2.45) is 0 Å². The number of rotatable bonds is 4. The maximum atomic E-state index is 10.4. The van der Waals surface area contributed by atoms with Crippen LogP contribution in [0.3, 0.4) is 0 Å². The van der Waals surface area contributed by atoms with Crippen LogP contribution in [0.1, 0.15) is 16.7 Å². The van der Waals surface area contributed by atoms with E-state index in [-0.39, 0.29) is 6.01 Å². The predicted molar refractivity (Wildman–Crippen MR) is 74.7 cm³/mol. The molecule has 2 aromatic rings. The number of aromatic nitrogens is 2. The van der Waals surface area contributed by atoms with Gasteiger partial charge in [0.15, 0.2) is 0 Å². The highest BCUT2D eigenvalue weighted by Gasteiger charge is 2.05. The van der Waals surface area contributed by atoms with E-state index in [0.717, 1.165) is 17.2 Å². The highest BCUT2D eigenvalue weighted by atomic mass is 16.5. The molecule has 20 heavy (non-hydrogen) atoms. The summed E-state index contributed by atoms with van der Waals surface area (Å²) in [5.41, 5.74) is 2.76. The summed E-state index contributed by atoms with van der Waals surface area (Å²) in [6, 6.07) is 5.99. The second-order valence-corrected chi connectivity index (χ2v) is 4.27. The molecule has 0 radical (unpaired) electrons. The Morgan fingerprint density at radius 3 is 2.60 bits per heavy atom. The summed E-state index contributed by atoms with van der Waals surface area (Å²) < 4.78 is 5.61. The number of ether oxygens (including phenoxy) is 1. The van der Waals surface area contributed by atoms with Crippen LogP contribution in [0.25, 0.3) is 6.08 Å². The van der Waals surface area contributed by atoms with Crippen LogP contribution in [0.4, 0.5) is 0 Å². The van der Waals surface area contributed by atoms with Crippen LogP contribution in [-0.2, 0) is 4.79 Å². The first-order valence-corrected chi connectivity index (χ1v) is 6.03. The maximum absolute atomic E-state index is 10.4. The molecule has 0 amide bonds. The van der Waals surface area contributed by atoms with Gasteiger partial charge in [0, 0.05) is 24.0 Å². The van der Waals surface area contributed by atoms with Crippen molar-refractivity contribution in [1.29, 1.82) is 0 Å². The number of carboxylic acids is 1. The first-order valence-electron chi connectivity index (χ1n) is 6.03. The number of aryl methyl sites for hydroxylation is 1. The molecular weight excluding hydrogens is 256 g/mol. The largest absolute Gasteiger partial charge is 0.478 e. The fourth-order valence-electron chi connectivity index (χ4n) is 1.57. The molecule has 1 N–H and O–H groups in total. The minimum Gasteiger partial charge on any atom is -0.478 e. The van der Waals surface area contributed by atoms with Crippen molar-refractivity contribution in [3.63, 3.8) is 0 Å². The SMILES string of the molecule is Cc1cccc(Oc2ncc(/C=C/C(=O)O)cn2)c1C. The number of hydrogen-bond acceptors (Lipinski definition) is 4. The van der Waals surface area contributed by atoms with Gasteiger partial charge in [0.1, 0.15) is 5.75 Å². The van der Waals surface area contributed by atoms with Crippen molar-refractivity contribution in [1.82, 2.24) is 9.97 Å². The smallest absolute Gasteiger partial charge is 0.328 e. The van der Waals surface area contributed by atoms with Gasteiger partial charge in [-0.2, -0.15) is 0 Å². The minimum absolute atomic E-state index is 0.228. The highest BCUT2D eigenvalue weighted by molar-refractivity contribution is 5.85. The third-order valence-corrected chi connectivity index (χ3v) is 2.82. The highest BCUT2D eigenvalue weighted by Crippen LogP contribution is 2.24. The molecule has 1 heterocycles. The Kier molecular flexibility index (Phi) is 4.10. The Morgan fingerprint density at radius 1 is 1.25 bits per heavy atom. The summed E-state index contributed by atoms with van der Waals surface area (Å²) in [5.74, 6) is -0.306. The van der Waals surface area contributed by atoms with Gasteiger partial charge in [0.2, 0.25) is 0 Å². The molecule has 5 heteroatoms. The molecule has 1 aromatic heterocycles. The lowest BCUT2D eigenvalue weighted by Gasteiger charge is -2.08. The summed E-state index contributed by atoms with van der Waals surface area (Å²) in [4.78, 5) is 18.5. The molecule has 0 saturated carbocycles. The molecule has 1 aromatic carbocycles. The molecule has 0 saturated heterocycles. The molecular formula is C15H14N2O3. The van der Waals surface area contributed by atoms with Crippen molar-refractivity contribution in [2.45, 2.75) is 13.8 Å². The second-order valence-electron chi connectivity index (χ2n) is 4.27. The first kappa shape index (κ1) is 13.7. The van der Waals surface area contributed by atoms with E-state index in [4.69, 9.17) is 9.84 Å². The Hall–Kier alpha value is -2.69. The molecule has 0 atom stereocenters. The number of hydrogen-bond donors (Lipinski definition) is 1. The Morgan fingerprint density at radius 2 is 1.95 bits per heavy atom. The summed E-state index contributed by atoms with van der Waals surface area (Å²) in [6.07, 6.45) is 5.47. The molecule has 0 aliphatic carbocycles. The number of nitrogens with zero attached hydrogens (tertiary/aromatic N) is 2. The van der Waals surface area contributed by atoms with Crippen molar-refractivity contribution < 1.29 is 14.6 Å². The van der Waals surface area contributed by atoms with Gasteiger partial charge in [-0.25, -0.2) is 14.8 Å². The molecule has 5 nitrogen and oxygen atoms in total. The number of benzene rings is 1. The van der Waals surface area contributed by atoms with E-state index in [9.17, 15) is 4.79 Å². The standard InChI is InChI=1S/C15H14N2O3/c1-10-4-3-5-13(11(10)2)20-15-16-8-12(9-17-15)6-7-14(18)19/h3-9H,1-2H3,(H,18,19)/b7-6+. The molecule has 2 rings (SSSR count). The van der Waals surface area contributed by atoms with Crippen LogP contribution < -0.4 is 4.74 Å². The molecule has 0 aliphatic rings. The van der Waals surface area contributed by atoms with Crippen molar-refractivity contribution in [2.75, 3.05) is 0 Å². The van der Waals surface area contributed by atoms with Crippen LogP contribution in [0.2, 0.25) is 0 Å². The van der Waals surface area contributed by atoms with Gasteiger partial charge in [-0.05, 0) is 37.1 Å². The van der Waals surface area contributed by atoms with E-state index in [1.165, 1.54) is 18.5 Å². The number of carbonyl (C=O) groups is 1. The fraction of sp³-hybridized carbons (Fsp3) is 0.133. The zero-order valence-corrected chi connectivity index (χ0v) is 11.2. The monoisotopic (exact) mass is 270 g/mol. The Bertz CT molecular complexity index is 649. The predicted octanol–water partition coefficient (Wildman–Crippen LogP) is 2.98. The van der Waals surface area contributed by atoms with E-state index in [0.29, 0.717) is 11.3 Å². The minimum atomic E-state index is -1.01. The molecule has 0 bridgehead atoms. The van der Waals surface area contributed by atoms with Crippen LogP contribution in [0.5, 0.6) is 11.8 Å². The quantitative estimate of drug-likeness (QED) is 0.865. The van der Waals surface area contributed by atoms with E-state index < -0.39 is 5.97 Å². The maximum Gasteiger partial charge on any atom is 0.328 e. The van der Waals surface area contributed by atoms with Crippen LogP contribution in [0, 0.1) is 13.8 Å². The van der Waals surface area contributed by atoms with Crippen molar-refractivity contribution in [3.8, 4) is 11.8 Å². The molecule has 0 spiro atoms. The van der Waals surface area contributed by atoms with Crippen LogP contribution in [-0.4, -0.2) is 21.0 Å². The van der Waals surface area contributed by atoms with Crippen molar-refractivity contribution in [3.05, 3.63) is 53.4 Å². The molecule has 0 aliphatic heterocycles. The van der Waals surface area contributed by atoms with Gasteiger partial charge in [0.05, 0.1) is 0 Å². The van der Waals surface area contributed by atoms with E-state index in [1.54, 1.807) is 0 Å². The summed E-state index contributed by atoms with van der Waals surface area (Å²) in [7, 11) is 0. The van der Waals surface area contributed by atoms with Gasteiger partial charge in [-0.3, -0.25) is 0 Å². The van der Waals surface area contributed by atoms with Gasteiger partial charge in [-0.1, -0.05) is 12.1 Å². The lowest BCUT2D eigenvalue weighted by Crippen LogP contribution is -1.95. The van der Waals surface area contributed by atoms with E-state index in [1.807, 2.05) is 32.0 Å². The van der Waals surface area contributed by atoms with Gasteiger partial charge < -0.3 is 9.84 Å². The molecule has 0 fully saturated rings. The topological polar surface area (TPSA) is 72.3 Å². The van der Waals surface area contributed by atoms with E-state index >= 15 is 0 Å². The third kappa shape index (κ3) is 3.41. The summed E-state index contributed by atoms with van der Waals surface area (Å²) >= 11 is 0. The molecule has 0 unspecified atom stereocenters. The Balaban J connectivity index is 2.15. The van der Waals surface area contributed by atoms with Gasteiger partial charge in [-0.15, -0.1) is 0 Å². The van der Waals surface area contributed by atoms with Gasteiger partial charge >= 0.3 is 12.0 Å². The van der Waals surface area contributed by atoms with Gasteiger partial charge in [0.25, 0.3) is 0 Å². The average molecular weight is 270 g/mol. The first-order chi connectivity index (χ1) is 9.56. The van der Waals surface area contributed by atoms with Crippen LogP contribution >= 0.6 is 0 Å². The second kappa shape index (κ2) is 5.97. The summed E-state index contributed by atoms with van der Waals surface area (Å²) in [5, 5.41) is 8.53. The summed E-state index contributed by atoms with van der Waals surface area (Å²) in [6.45, 7) is 3.97. The number of aliphatic carboxylic acids is 1. The average Bonchev–Trinajstić information content (AvgIpc) is 2.43. The zero-order chi connectivity index (χ0) is 14.5. The zero-order valence-electron chi connectivity index (χ0n) is 11.2. The number of carboxylic acid groups (broad SMARTS) is 1. The normalized spacial score (nSPS) is 10.7. The van der Waals surface area contributed by atoms with Crippen molar-refractivity contribution >= 4 is 12.0 Å². The third-order valence-electron chi connectivity index (χ3n) is 2.82. The fourth-order valence-corrected chi connectivity index (χ4v) is 1.57. The van der Waals surface area contributed by atoms with E-state index in [2.05, 4.69) is 9.97 Å². The lowest BCUT2D eigenvalue weighted by atomic mass is 10.1. The van der Waals surface area contributed by atoms with Crippen LogP contribution in [0.15, 0.2) is 36.7 Å².